The molecule has 1 rings (SSSR count). The highest BCUT2D eigenvalue weighted by molar-refractivity contribution is 5.94. The van der Waals surface area contributed by atoms with Crippen LogP contribution in [0, 0.1) is 5.92 Å². The van der Waals surface area contributed by atoms with E-state index in [0.717, 1.165) is 12.2 Å². The van der Waals surface area contributed by atoms with E-state index in [1.54, 1.807) is 24.3 Å². The fourth-order valence-corrected chi connectivity index (χ4v) is 2.06. The number of rotatable bonds is 12. The maximum atomic E-state index is 12.0. The van der Waals surface area contributed by atoms with Crippen LogP contribution in [0.25, 0.3) is 0 Å². The van der Waals surface area contributed by atoms with Gasteiger partial charge in [0.1, 0.15) is 5.75 Å². The van der Waals surface area contributed by atoms with Gasteiger partial charge in [-0.15, -0.1) is 0 Å². The van der Waals surface area contributed by atoms with Gasteiger partial charge in [-0.1, -0.05) is 13.8 Å². The van der Waals surface area contributed by atoms with E-state index >= 15 is 0 Å². The first kappa shape index (κ1) is 21.5. The molecule has 0 spiro atoms. The minimum absolute atomic E-state index is 0.0220. The molecule has 0 heterocycles. The van der Waals surface area contributed by atoms with Gasteiger partial charge in [-0.2, -0.15) is 0 Å². The number of ether oxygens (including phenoxy) is 1. The van der Waals surface area contributed by atoms with Gasteiger partial charge < -0.3 is 20.5 Å². The van der Waals surface area contributed by atoms with Crippen molar-refractivity contribution in [1.29, 1.82) is 0 Å². The maximum absolute atomic E-state index is 12.0. The lowest BCUT2D eigenvalue weighted by molar-refractivity contribution is -0.137. The molecule has 0 unspecified atom stereocenters. The van der Waals surface area contributed by atoms with Crippen LogP contribution in [0.2, 0.25) is 0 Å². The summed E-state index contributed by atoms with van der Waals surface area (Å²) in [6.07, 6.45) is 1.53. The summed E-state index contributed by atoms with van der Waals surface area (Å²) in [5.74, 6) is -0.0535. The van der Waals surface area contributed by atoms with Crippen molar-refractivity contribution in [1.82, 2.24) is 10.6 Å². The van der Waals surface area contributed by atoms with Crippen LogP contribution >= 0.6 is 0 Å². The van der Waals surface area contributed by atoms with Crippen molar-refractivity contribution < 1.29 is 24.2 Å². The average molecular weight is 364 g/mol. The van der Waals surface area contributed by atoms with Crippen molar-refractivity contribution in [3.8, 4) is 5.75 Å². The molecular formula is C19H28N2O5. The average Bonchev–Trinajstić information content (AvgIpc) is 2.59. The van der Waals surface area contributed by atoms with Crippen LogP contribution in [0.15, 0.2) is 24.3 Å². The van der Waals surface area contributed by atoms with Crippen molar-refractivity contribution in [2.75, 3.05) is 19.7 Å². The van der Waals surface area contributed by atoms with Gasteiger partial charge in [0.25, 0.3) is 5.91 Å². The molecule has 26 heavy (non-hydrogen) atoms. The molecule has 0 saturated carbocycles. The summed E-state index contributed by atoms with van der Waals surface area (Å²) in [6, 6.07) is 6.88. The number of carboxylic acid groups (broad SMARTS) is 1. The number of aliphatic carboxylic acids is 1. The largest absolute Gasteiger partial charge is 0.494 e. The Kier molecular flexibility index (Phi) is 9.82. The smallest absolute Gasteiger partial charge is 0.303 e. The summed E-state index contributed by atoms with van der Waals surface area (Å²) in [5, 5.41) is 13.8. The third kappa shape index (κ3) is 9.66. The Morgan fingerprint density at radius 1 is 1.04 bits per heavy atom. The van der Waals surface area contributed by atoms with E-state index in [9.17, 15) is 14.4 Å². The molecule has 0 aliphatic carbocycles. The van der Waals surface area contributed by atoms with Crippen LogP contribution in [0.4, 0.5) is 0 Å². The lowest BCUT2D eigenvalue weighted by Gasteiger charge is -2.09. The van der Waals surface area contributed by atoms with Gasteiger partial charge in [0.05, 0.1) is 6.61 Å². The van der Waals surface area contributed by atoms with E-state index in [4.69, 9.17) is 9.84 Å². The third-order valence-corrected chi connectivity index (χ3v) is 3.61. The van der Waals surface area contributed by atoms with Gasteiger partial charge in [0.2, 0.25) is 5.91 Å². The summed E-state index contributed by atoms with van der Waals surface area (Å²) in [7, 11) is 0. The second-order valence-electron chi connectivity index (χ2n) is 6.41. The highest BCUT2D eigenvalue weighted by atomic mass is 16.5. The number of carboxylic acids is 1. The van der Waals surface area contributed by atoms with Crippen molar-refractivity contribution >= 4 is 17.8 Å². The summed E-state index contributed by atoms with van der Waals surface area (Å²) < 4.78 is 5.60. The number of carbonyl (C=O) groups excluding carboxylic acids is 2. The minimum atomic E-state index is -0.886. The monoisotopic (exact) mass is 364 g/mol. The molecule has 0 aliphatic rings. The molecule has 144 valence electrons. The quantitative estimate of drug-likeness (QED) is 0.493. The molecule has 0 bridgehead atoms. The Bertz CT molecular complexity index is 584. The van der Waals surface area contributed by atoms with E-state index in [2.05, 4.69) is 24.5 Å². The number of carbonyl (C=O) groups is 3. The standard InChI is InChI=1S/C19H28N2O5/c1-14(2)10-13-26-16-7-5-15(6-8-16)19(25)21-12-9-17(22)20-11-3-4-18(23)24/h5-8,14H,3-4,9-13H2,1-2H3,(H,20,22)(H,21,25)(H,23,24). The Morgan fingerprint density at radius 3 is 2.35 bits per heavy atom. The minimum Gasteiger partial charge on any atom is -0.494 e. The van der Waals surface area contributed by atoms with Crippen molar-refractivity contribution in [2.45, 2.75) is 39.5 Å². The first-order valence-electron chi connectivity index (χ1n) is 8.88. The second kappa shape index (κ2) is 11.9. The van der Waals surface area contributed by atoms with Crippen LogP contribution < -0.4 is 15.4 Å². The molecule has 2 amide bonds. The van der Waals surface area contributed by atoms with E-state index < -0.39 is 5.97 Å². The molecule has 0 radical (unpaired) electrons. The molecule has 0 aromatic heterocycles. The second-order valence-corrected chi connectivity index (χ2v) is 6.41. The number of amides is 2. The Morgan fingerprint density at radius 2 is 1.73 bits per heavy atom. The van der Waals surface area contributed by atoms with Crippen molar-refractivity contribution in [2.24, 2.45) is 5.92 Å². The zero-order valence-electron chi connectivity index (χ0n) is 15.4. The maximum Gasteiger partial charge on any atom is 0.303 e. The van der Waals surface area contributed by atoms with Crippen LogP contribution in [0.5, 0.6) is 5.75 Å². The van der Waals surface area contributed by atoms with Gasteiger partial charge >= 0.3 is 5.97 Å². The zero-order valence-corrected chi connectivity index (χ0v) is 15.4. The Labute approximate surface area is 154 Å². The summed E-state index contributed by atoms with van der Waals surface area (Å²) in [5.41, 5.74) is 0.503. The highest BCUT2D eigenvalue weighted by Gasteiger charge is 2.07. The summed E-state index contributed by atoms with van der Waals surface area (Å²) >= 11 is 0. The van der Waals surface area contributed by atoms with Crippen LogP contribution in [0.3, 0.4) is 0 Å². The van der Waals surface area contributed by atoms with Gasteiger partial charge in [0.15, 0.2) is 0 Å². The van der Waals surface area contributed by atoms with E-state index in [0.29, 0.717) is 31.1 Å². The lowest BCUT2D eigenvalue weighted by Crippen LogP contribution is -2.31. The predicted molar refractivity (Wildman–Crippen MR) is 98.2 cm³/mol. The van der Waals surface area contributed by atoms with E-state index in [1.807, 2.05) is 0 Å². The molecule has 0 fully saturated rings. The zero-order chi connectivity index (χ0) is 19.4. The van der Waals surface area contributed by atoms with Gasteiger partial charge in [-0.3, -0.25) is 14.4 Å². The summed E-state index contributed by atoms with van der Waals surface area (Å²) in [4.78, 5) is 34.0. The first-order chi connectivity index (χ1) is 12.4. The van der Waals surface area contributed by atoms with Crippen LogP contribution in [-0.2, 0) is 9.59 Å². The van der Waals surface area contributed by atoms with Gasteiger partial charge in [-0.05, 0) is 43.0 Å². The molecule has 0 aliphatic heterocycles. The van der Waals surface area contributed by atoms with Gasteiger partial charge in [-0.25, -0.2) is 0 Å². The van der Waals surface area contributed by atoms with Crippen molar-refractivity contribution in [3.63, 3.8) is 0 Å². The molecule has 7 heteroatoms. The van der Waals surface area contributed by atoms with Gasteiger partial charge in [0, 0.05) is 31.5 Å². The predicted octanol–water partition coefficient (Wildman–Crippen LogP) is 2.21. The fourth-order valence-electron chi connectivity index (χ4n) is 2.06. The Hall–Kier alpha value is -2.57. The molecular weight excluding hydrogens is 336 g/mol. The van der Waals surface area contributed by atoms with E-state index in [-0.39, 0.29) is 31.2 Å². The molecule has 1 aromatic carbocycles. The summed E-state index contributed by atoms with van der Waals surface area (Å²) in [6.45, 7) is 5.44. The number of nitrogens with one attached hydrogen (secondary N) is 2. The topological polar surface area (TPSA) is 105 Å². The lowest BCUT2D eigenvalue weighted by atomic mass is 10.1. The molecule has 0 saturated heterocycles. The van der Waals surface area contributed by atoms with Crippen molar-refractivity contribution in [3.05, 3.63) is 29.8 Å². The Balaban J connectivity index is 2.24. The highest BCUT2D eigenvalue weighted by Crippen LogP contribution is 2.13. The normalized spacial score (nSPS) is 10.4. The van der Waals surface area contributed by atoms with Crippen LogP contribution in [-0.4, -0.2) is 42.6 Å². The third-order valence-electron chi connectivity index (χ3n) is 3.61. The van der Waals surface area contributed by atoms with E-state index in [1.165, 1.54) is 0 Å². The molecule has 1 aromatic rings. The molecule has 3 N–H and O–H groups in total. The van der Waals surface area contributed by atoms with Crippen LogP contribution in [0.1, 0.15) is 49.9 Å². The molecule has 0 atom stereocenters. The fraction of sp³-hybridized carbons (Fsp3) is 0.526. The first-order valence-corrected chi connectivity index (χ1v) is 8.88. The number of hydrogen-bond donors (Lipinski definition) is 3. The number of benzene rings is 1. The number of hydrogen-bond acceptors (Lipinski definition) is 4. The molecule has 7 nitrogen and oxygen atoms in total. The SMILES string of the molecule is CC(C)CCOc1ccc(C(=O)NCCC(=O)NCCCC(=O)O)cc1.